The highest BCUT2D eigenvalue weighted by Gasteiger charge is 2.21. The Morgan fingerprint density at radius 2 is 2.00 bits per heavy atom. The molecule has 0 radical (unpaired) electrons. The molecule has 74 valence electrons. The first-order valence-electron chi connectivity index (χ1n) is 4.50. The largest absolute Gasteiger partial charge is 0.397 e. The van der Waals surface area contributed by atoms with E-state index in [1.54, 1.807) is 12.3 Å². The van der Waals surface area contributed by atoms with Gasteiger partial charge in [-0.1, -0.05) is 20.8 Å². The van der Waals surface area contributed by atoms with E-state index >= 15 is 0 Å². The summed E-state index contributed by atoms with van der Waals surface area (Å²) >= 11 is 1.49. The fraction of sp³-hybridized carbons (Fsp3) is 0.400. The van der Waals surface area contributed by atoms with Crippen LogP contribution in [0.4, 0.5) is 5.69 Å². The van der Waals surface area contributed by atoms with E-state index in [9.17, 15) is 0 Å². The summed E-state index contributed by atoms with van der Waals surface area (Å²) in [6, 6.07) is 1.79. The van der Waals surface area contributed by atoms with E-state index in [1.165, 1.54) is 16.4 Å². The summed E-state index contributed by atoms with van der Waals surface area (Å²) in [6.45, 7) is 6.47. The summed E-state index contributed by atoms with van der Waals surface area (Å²) < 4.78 is 4.34. The molecule has 2 heterocycles. The van der Waals surface area contributed by atoms with E-state index in [-0.39, 0.29) is 5.41 Å². The van der Waals surface area contributed by atoms with Crippen molar-refractivity contribution in [2.45, 2.75) is 26.2 Å². The minimum absolute atomic E-state index is 0.0835. The molecule has 0 aromatic carbocycles. The van der Waals surface area contributed by atoms with Crippen molar-refractivity contribution in [3.63, 3.8) is 0 Å². The lowest BCUT2D eigenvalue weighted by Crippen LogP contribution is -2.09. The highest BCUT2D eigenvalue weighted by atomic mass is 32.1. The maximum atomic E-state index is 5.82. The number of anilines is 1. The maximum absolute atomic E-state index is 5.82. The number of fused-ring (bicyclic) bond motifs is 1. The number of nitrogens with two attached hydrogens (primary N) is 1. The maximum Gasteiger partial charge on any atom is 0.126 e. The van der Waals surface area contributed by atoms with Crippen molar-refractivity contribution in [3.05, 3.63) is 17.1 Å². The zero-order chi connectivity index (χ0) is 10.3. The summed E-state index contributed by atoms with van der Waals surface area (Å²) in [5.41, 5.74) is 8.39. The molecule has 0 aliphatic rings. The number of nitrogen functional groups attached to an aromatic ring is 1. The number of pyridine rings is 1. The van der Waals surface area contributed by atoms with Crippen LogP contribution in [0.2, 0.25) is 0 Å². The molecule has 0 fully saturated rings. The zero-order valence-corrected chi connectivity index (χ0v) is 9.35. The van der Waals surface area contributed by atoms with Crippen LogP contribution in [0.25, 0.3) is 11.0 Å². The lowest BCUT2D eigenvalue weighted by Gasteiger charge is -2.15. The third-order valence-electron chi connectivity index (χ3n) is 2.08. The predicted molar refractivity (Wildman–Crippen MR) is 60.5 cm³/mol. The van der Waals surface area contributed by atoms with E-state index < -0.39 is 0 Å². The van der Waals surface area contributed by atoms with Gasteiger partial charge in [-0.15, -0.1) is 0 Å². The van der Waals surface area contributed by atoms with Gasteiger partial charge in [0.25, 0.3) is 0 Å². The Morgan fingerprint density at radius 1 is 1.29 bits per heavy atom. The summed E-state index contributed by atoms with van der Waals surface area (Å²) in [5, 5.41) is 0. The van der Waals surface area contributed by atoms with Gasteiger partial charge >= 0.3 is 0 Å². The molecule has 0 amide bonds. The molecule has 2 N–H and O–H groups in total. The second-order valence-corrected chi connectivity index (χ2v) is 5.13. The van der Waals surface area contributed by atoms with Crippen LogP contribution in [0.5, 0.6) is 0 Å². The van der Waals surface area contributed by atoms with Crippen LogP contribution in [0.15, 0.2) is 12.3 Å². The van der Waals surface area contributed by atoms with Crippen LogP contribution >= 0.6 is 11.5 Å². The normalized spacial score (nSPS) is 12.2. The minimum atomic E-state index is 0.0835. The molecular weight excluding hydrogens is 194 g/mol. The lowest BCUT2D eigenvalue weighted by molar-refractivity contribution is 0.607. The van der Waals surface area contributed by atoms with E-state index in [1.807, 2.05) is 0 Å². The molecule has 3 nitrogen and oxygen atoms in total. The molecule has 14 heavy (non-hydrogen) atoms. The number of nitrogens with zero attached hydrogens (tertiary/aromatic N) is 2. The van der Waals surface area contributed by atoms with Gasteiger partial charge in [-0.3, -0.25) is 4.98 Å². The van der Waals surface area contributed by atoms with Gasteiger partial charge in [0.1, 0.15) is 11.0 Å². The third-order valence-corrected chi connectivity index (χ3v) is 3.34. The topological polar surface area (TPSA) is 51.8 Å². The summed E-state index contributed by atoms with van der Waals surface area (Å²) in [4.78, 5) is 5.53. The molecule has 0 saturated carbocycles. The highest BCUT2D eigenvalue weighted by molar-refractivity contribution is 7.07. The van der Waals surface area contributed by atoms with Crippen molar-refractivity contribution in [3.8, 4) is 0 Å². The highest BCUT2D eigenvalue weighted by Crippen LogP contribution is 2.33. The van der Waals surface area contributed by atoms with Gasteiger partial charge in [0.15, 0.2) is 0 Å². The molecular formula is C10H13N3S. The summed E-state index contributed by atoms with van der Waals surface area (Å²) in [6.07, 6.45) is 1.74. The van der Waals surface area contributed by atoms with Gasteiger partial charge < -0.3 is 5.73 Å². The van der Waals surface area contributed by atoms with Crippen LogP contribution in [0.1, 0.15) is 25.6 Å². The average molecular weight is 207 g/mol. The van der Waals surface area contributed by atoms with Crippen molar-refractivity contribution >= 4 is 28.3 Å². The smallest absolute Gasteiger partial charge is 0.126 e. The van der Waals surface area contributed by atoms with Crippen LogP contribution in [-0.4, -0.2) is 9.36 Å². The number of hydrogen-bond acceptors (Lipinski definition) is 4. The Hall–Kier alpha value is -1.16. The van der Waals surface area contributed by atoms with E-state index in [0.29, 0.717) is 5.69 Å². The summed E-state index contributed by atoms with van der Waals surface area (Å²) in [7, 11) is 0. The van der Waals surface area contributed by atoms with Crippen molar-refractivity contribution < 1.29 is 0 Å². The zero-order valence-electron chi connectivity index (χ0n) is 8.53. The average Bonchev–Trinajstić information content (AvgIpc) is 2.47. The lowest BCUT2D eigenvalue weighted by atomic mass is 9.94. The van der Waals surface area contributed by atoms with Gasteiger partial charge in [-0.05, 0) is 17.6 Å². The molecule has 2 rings (SSSR count). The number of hydrogen-bond donors (Lipinski definition) is 1. The first kappa shape index (κ1) is 9.40. The monoisotopic (exact) mass is 207 g/mol. The number of aromatic nitrogens is 2. The third kappa shape index (κ3) is 1.35. The van der Waals surface area contributed by atoms with E-state index in [0.717, 1.165) is 11.0 Å². The minimum Gasteiger partial charge on any atom is -0.397 e. The summed E-state index contributed by atoms with van der Waals surface area (Å²) in [5.74, 6) is 0. The molecule has 0 unspecified atom stereocenters. The fourth-order valence-electron chi connectivity index (χ4n) is 1.36. The Balaban J connectivity index is 2.76. The van der Waals surface area contributed by atoms with Crippen LogP contribution in [0.3, 0.4) is 0 Å². The molecule has 0 aliphatic carbocycles. The predicted octanol–water partition coefficient (Wildman–Crippen LogP) is 2.57. The molecule has 0 aliphatic heterocycles. The van der Waals surface area contributed by atoms with E-state index in [2.05, 4.69) is 30.1 Å². The second kappa shape index (κ2) is 2.92. The van der Waals surface area contributed by atoms with Crippen molar-refractivity contribution in [1.82, 2.24) is 9.36 Å². The SMILES string of the molecule is CC(C)(C)c1snc2c(N)ccnc12. The van der Waals surface area contributed by atoms with Gasteiger partial charge in [0.05, 0.1) is 10.6 Å². The molecule has 0 saturated heterocycles. The molecule has 0 atom stereocenters. The Morgan fingerprint density at radius 3 is 2.64 bits per heavy atom. The molecule has 0 spiro atoms. The number of rotatable bonds is 0. The Bertz CT molecular complexity index is 468. The van der Waals surface area contributed by atoms with Crippen LogP contribution in [0, 0.1) is 0 Å². The molecule has 4 heteroatoms. The van der Waals surface area contributed by atoms with Gasteiger partial charge in [-0.25, -0.2) is 0 Å². The van der Waals surface area contributed by atoms with Gasteiger partial charge in [0, 0.05) is 11.6 Å². The fourth-order valence-corrected chi connectivity index (χ4v) is 2.24. The van der Waals surface area contributed by atoms with Crippen molar-refractivity contribution in [2.24, 2.45) is 0 Å². The van der Waals surface area contributed by atoms with Crippen molar-refractivity contribution in [2.75, 3.05) is 5.73 Å². The molecule has 0 bridgehead atoms. The van der Waals surface area contributed by atoms with Crippen LogP contribution < -0.4 is 5.73 Å². The molecule has 2 aromatic rings. The van der Waals surface area contributed by atoms with Gasteiger partial charge in [-0.2, -0.15) is 4.37 Å². The quantitative estimate of drug-likeness (QED) is 0.722. The van der Waals surface area contributed by atoms with Crippen molar-refractivity contribution in [1.29, 1.82) is 0 Å². The second-order valence-electron chi connectivity index (χ2n) is 4.36. The molecule has 2 aromatic heterocycles. The standard InChI is InChI=1S/C10H13N3S/c1-10(2,3)9-8-7(13-14-9)6(11)4-5-12-8/h4-5H,11H2,1-3H3. The van der Waals surface area contributed by atoms with Gasteiger partial charge in [0.2, 0.25) is 0 Å². The Kier molecular flexibility index (Phi) is 1.96. The Labute approximate surface area is 87.1 Å². The first-order valence-corrected chi connectivity index (χ1v) is 5.28. The van der Waals surface area contributed by atoms with E-state index in [4.69, 9.17) is 5.73 Å². The van der Waals surface area contributed by atoms with Crippen LogP contribution in [-0.2, 0) is 5.41 Å². The first-order chi connectivity index (χ1) is 6.50.